The third-order valence-electron chi connectivity index (χ3n) is 3.09. The average molecular weight is 283 g/mol. The summed E-state index contributed by atoms with van der Waals surface area (Å²) in [6.45, 7) is 3.35. The van der Waals surface area contributed by atoms with Crippen molar-refractivity contribution >= 4 is 28.9 Å². The zero-order valence-electron chi connectivity index (χ0n) is 11.0. The highest BCUT2D eigenvalue weighted by molar-refractivity contribution is 6.33. The van der Waals surface area contributed by atoms with Crippen LogP contribution < -0.4 is 10.6 Å². The first-order valence-electron chi connectivity index (χ1n) is 6.62. The van der Waals surface area contributed by atoms with Gasteiger partial charge < -0.3 is 15.4 Å². The van der Waals surface area contributed by atoms with Crippen LogP contribution in [0.25, 0.3) is 0 Å². The molecule has 0 radical (unpaired) electrons. The first-order valence-corrected chi connectivity index (χ1v) is 7.00. The molecule has 1 aliphatic rings. The molecule has 1 amide bonds. The molecular formula is C14H19ClN2O2. The zero-order chi connectivity index (χ0) is 13.7. The van der Waals surface area contributed by atoms with Crippen molar-refractivity contribution in [2.24, 2.45) is 0 Å². The predicted molar refractivity (Wildman–Crippen MR) is 77.8 cm³/mol. The van der Waals surface area contributed by atoms with Gasteiger partial charge >= 0.3 is 0 Å². The van der Waals surface area contributed by atoms with Crippen molar-refractivity contribution in [1.82, 2.24) is 0 Å². The van der Waals surface area contributed by atoms with Gasteiger partial charge in [0, 0.05) is 24.8 Å². The molecule has 2 rings (SSSR count). The predicted octanol–water partition coefficient (Wildman–Crippen LogP) is 3.28. The molecule has 1 unspecified atom stereocenters. The summed E-state index contributed by atoms with van der Waals surface area (Å²) in [5.41, 5.74) is 1.60. The Balaban J connectivity index is 2.05. The number of carbonyl (C=O) groups excluding carboxylic acids is 1. The van der Waals surface area contributed by atoms with Crippen molar-refractivity contribution < 1.29 is 9.53 Å². The van der Waals surface area contributed by atoms with Crippen LogP contribution in [0.2, 0.25) is 5.02 Å². The van der Waals surface area contributed by atoms with E-state index >= 15 is 0 Å². The molecule has 1 heterocycles. The average Bonchev–Trinajstić information content (AvgIpc) is 2.43. The van der Waals surface area contributed by atoms with E-state index in [0.29, 0.717) is 18.1 Å². The number of anilines is 2. The molecule has 0 aliphatic carbocycles. The van der Waals surface area contributed by atoms with Crippen LogP contribution in [0.1, 0.15) is 26.2 Å². The maximum absolute atomic E-state index is 11.4. The monoisotopic (exact) mass is 282 g/mol. The smallest absolute Gasteiger partial charge is 0.224 e. The van der Waals surface area contributed by atoms with Gasteiger partial charge in [-0.1, -0.05) is 18.5 Å². The normalized spacial score (nSPS) is 18.9. The molecule has 1 saturated heterocycles. The fraction of sp³-hybridized carbons (Fsp3) is 0.500. The lowest BCUT2D eigenvalue weighted by molar-refractivity contribution is -0.115. The minimum Gasteiger partial charge on any atom is -0.379 e. The minimum absolute atomic E-state index is 0.00530. The summed E-state index contributed by atoms with van der Waals surface area (Å²) < 4.78 is 5.43. The SMILES string of the molecule is CCC(=O)Nc1ccc(Cl)c(NC2CCCOC2)c1. The summed E-state index contributed by atoms with van der Waals surface area (Å²) in [4.78, 5) is 11.4. The fourth-order valence-corrected chi connectivity index (χ4v) is 2.21. The number of carbonyl (C=O) groups is 1. The Morgan fingerprint density at radius 3 is 3.05 bits per heavy atom. The van der Waals surface area contributed by atoms with Crippen LogP contribution in [-0.4, -0.2) is 25.2 Å². The van der Waals surface area contributed by atoms with E-state index in [2.05, 4.69) is 10.6 Å². The van der Waals surface area contributed by atoms with E-state index in [4.69, 9.17) is 16.3 Å². The fourth-order valence-electron chi connectivity index (χ4n) is 2.04. The summed E-state index contributed by atoms with van der Waals surface area (Å²) in [5.74, 6) is -0.00530. The number of amides is 1. The maximum Gasteiger partial charge on any atom is 0.224 e. The van der Waals surface area contributed by atoms with Crippen molar-refractivity contribution in [2.45, 2.75) is 32.2 Å². The number of benzene rings is 1. The molecule has 1 aliphatic heterocycles. The molecule has 1 aromatic carbocycles. The van der Waals surface area contributed by atoms with E-state index in [1.54, 1.807) is 12.1 Å². The summed E-state index contributed by atoms with van der Waals surface area (Å²) in [5, 5.41) is 6.85. The molecular weight excluding hydrogens is 264 g/mol. The van der Waals surface area contributed by atoms with Gasteiger partial charge in [-0.25, -0.2) is 0 Å². The summed E-state index contributed by atoms with van der Waals surface area (Å²) in [6, 6.07) is 5.74. The third-order valence-corrected chi connectivity index (χ3v) is 3.42. The van der Waals surface area contributed by atoms with Gasteiger partial charge in [-0.15, -0.1) is 0 Å². The van der Waals surface area contributed by atoms with Gasteiger partial charge in [-0.3, -0.25) is 4.79 Å². The highest BCUT2D eigenvalue weighted by atomic mass is 35.5. The van der Waals surface area contributed by atoms with E-state index in [-0.39, 0.29) is 11.9 Å². The van der Waals surface area contributed by atoms with Gasteiger partial charge in [0.05, 0.1) is 17.3 Å². The number of hydrogen-bond acceptors (Lipinski definition) is 3. The van der Waals surface area contributed by atoms with Crippen LogP contribution in [0.15, 0.2) is 18.2 Å². The molecule has 0 saturated carbocycles. The van der Waals surface area contributed by atoms with Gasteiger partial charge in [0.1, 0.15) is 0 Å². The van der Waals surface area contributed by atoms with Crippen LogP contribution in [0.3, 0.4) is 0 Å². The number of rotatable bonds is 4. The highest BCUT2D eigenvalue weighted by Gasteiger charge is 2.15. The van der Waals surface area contributed by atoms with Crippen molar-refractivity contribution in [1.29, 1.82) is 0 Å². The largest absolute Gasteiger partial charge is 0.379 e. The van der Waals surface area contributed by atoms with Crippen molar-refractivity contribution in [3.05, 3.63) is 23.2 Å². The van der Waals surface area contributed by atoms with Gasteiger partial charge in [0.25, 0.3) is 0 Å². The van der Waals surface area contributed by atoms with Crippen LogP contribution in [-0.2, 0) is 9.53 Å². The highest BCUT2D eigenvalue weighted by Crippen LogP contribution is 2.27. The zero-order valence-corrected chi connectivity index (χ0v) is 11.8. The molecule has 1 atom stereocenters. The standard InChI is InChI=1S/C14H19ClN2O2/c1-2-14(18)17-10-5-6-12(15)13(8-10)16-11-4-3-7-19-9-11/h5-6,8,11,16H,2-4,7,9H2,1H3,(H,17,18). The first-order chi connectivity index (χ1) is 9.19. The number of halogens is 1. The van der Waals surface area contributed by atoms with Crippen molar-refractivity contribution in [2.75, 3.05) is 23.8 Å². The second-order valence-electron chi connectivity index (χ2n) is 4.65. The Bertz CT molecular complexity index is 445. The quantitative estimate of drug-likeness (QED) is 0.891. The van der Waals surface area contributed by atoms with Gasteiger partial charge in [0.15, 0.2) is 0 Å². The van der Waals surface area contributed by atoms with Crippen molar-refractivity contribution in [3.8, 4) is 0 Å². The van der Waals surface area contributed by atoms with E-state index in [1.807, 2.05) is 13.0 Å². The Labute approximate surface area is 118 Å². The van der Waals surface area contributed by atoms with E-state index in [0.717, 1.165) is 30.8 Å². The lowest BCUT2D eigenvalue weighted by atomic mass is 10.1. The molecule has 104 valence electrons. The molecule has 0 spiro atoms. The van der Waals surface area contributed by atoms with Crippen molar-refractivity contribution in [3.63, 3.8) is 0 Å². The van der Waals surface area contributed by atoms with Crippen LogP contribution >= 0.6 is 11.6 Å². The third kappa shape index (κ3) is 4.11. The lowest BCUT2D eigenvalue weighted by Gasteiger charge is -2.24. The van der Waals surface area contributed by atoms with Crippen LogP contribution in [0.5, 0.6) is 0 Å². The second-order valence-corrected chi connectivity index (χ2v) is 5.06. The molecule has 2 N–H and O–H groups in total. The lowest BCUT2D eigenvalue weighted by Crippen LogP contribution is -2.30. The van der Waals surface area contributed by atoms with Gasteiger partial charge in [-0.05, 0) is 31.0 Å². The van der Waals surface area contributed by atoms with E-state index in [1.165, 1.54) is 0 Å². The molecule has 4 nitrogen and oxygen atoms in total. The summed E-state index contributed by atoms with van der Waals surface area (Å²) >= 11 is 6.17. The van der Waals surface area contributed by atoms with Crippen LogP contribution in [0, 0.1) is 0 Å². The minimum atomic E-state index is -0.00530. The molecule has 0 aromatic heterocycles. The number of nitrogens with one attached hydrogen (secondary N) is 2. The molecule has 19 heavy (non-hydrogen) atoms. The van der Waals surface area contributed by atoms with E-state index in [9.17, 15) is 4.79 Å². The van der Waals surface area contributed by atoms with Crippen LogP contribution in [0.4, 0.5) is 11.4 Å². The Kier molecular flexibility index (Phi) is 5.05. The Morgan fingerprint density at radius 2 is 2.37 bits per heavy atom. The first kappa shape index (κ1) is 14.2. The Morgan fingerprint density at radius 1 is 1.53 bits per heavy atom. The molecule has 1 fully saturated rings. The number of ether oxygens (including phenoxy) is 1. The summed E-state index contributed by atoms with van der Waals surface area (Å²) in [7, 11) is 0. The molecule has 1 aromatic rings. The maximum atomic E-state index is 11.4. The van der Waals surface area contributed by atoms with Gasteiger partial charge in [-0.2, -0.15) is 0 Å². The molecule has 5 heteroatoms. The van der Waals surface area contributed by atoms with Gasteiger partial charge in [0.2, 0.25) is 5.91 Å². The molecule has 0 bridgehead atoms. The Hall–Kier alpha value is -1.26. The topological polar surface area (TPSA) is 50.4 Å². The summed E-state index contributed by atoms with van der Waals surface area (Å²) in [6.07, 6.45) is 2.59. The van der Waals surface area contributed by atoms with E-state index < -0.39 is 0 Å². The second kappa shape index (κ2) is 6.78. The number of hydrogen-bond donors (Lipinski definition) is 2.